The minimum atomic E-state index is -3.42. The lowest BCUT2D eigenvalue weighted by Crippen LogP contribution is -2.67. The van der Waals surface area contributed by atoms with Crippen LogP contribution >= 0.6 is 0 Å². The maximum absolute atomic E-state index is 13.3. The highest BCUT2D eigenvalue weighted by Gasteiger charge is 2.50. The van der Waals surface area contributed by atoms with Gasteiger partial charge < -0.3 is 5.11 Å². The third-order valence-electron chi connectivity index (χ3n) is 6.72. The van der Waals surface area contributed by atoms with Crippen molar-refractivity contribution in [1.29, 1.82) is 0 Å². The molecule has 2 aromatic rings. The Bertz CT molecular complexity index is 1090. The van der Waals surface area contributed by atoms with Gasteiger partial charge in [0.15, 0.2) is 0 Å². The van der Waals surface area contributed by atoms with Crippen LogP contribution in [-0.2, 0) is 15.8 Å². The van der Waals surface area contributed by atoms with Crippen molar-refractivity contribution in [3.8, 4) is 11.8 Å². The van der Waals surface area contributed by atoms with Gasteiger partial charge in [0.2, 0.25) is 10.0 Å². The average molecular weight is 467 g/mol. The standard InChI is InChI=1S/C27H34N2O3S/c1-21(2)10-11-22-12-14-24(15-13-22)27-25-18-28(16-6-7-17-29(25)26(27)19-30)33(31,32)20-23-8-4-3-5-9-23/h3-5,8-9,12-15,21,25-27,30H,6-7,16-20H2,1-2H3/t25-,26+,27-/m1/s1. The second-order valence-corrected chi connectivity index (χ2v) is 11.4. The number of benzene rings is 2. The molecule has 0 saturated carbocycles. The molecule has 2 aliphatic heterocycles. The Balaban J connectivity index is 1.55. The van der Waals surface area contributed by atoms with Crippen molar-refractivity contribution in [2.24, 2.45) is 5.92 Å². The molecule has 4 rings (SSSR count). The van der Waals surface area contributed by atoms with Crippen LogP contribution in [0.15, 0.2) is 54.6 Å². The predicted molar refractivity (Wildman–Crippen MR) is 132 cm³/mol. The summed E-state index contributed by atoms with van der Waals surface area (Å²) >= 11 is 0. The van der Waals surface area contributed by atoms with Crippen LogP contribution in [0.25, 0.3) is 0 Å². The largest absolute Gasteiger partial charge is 0.395 e. The zero-order valence-electron chi connectivity index (χ0n) is 19.5. The SMILES string of the molecule is CC(C)C#Cc1ccc([C@@H]2[C@H]3CN(S(=O)(=O)Cc4ccccc4)CCCCN3[C@H]2CO)cc1. The van der Waals surface area contributed by atoms with Crippen molar-refractivity contribution in [3.63, 3.8) is 0 Å². The molecule has 2 heterocycles. The fourth-order valence-corrected chi connectivity index (χ4v) is 6.64. The fourth-order valence-electron chi connectivity index (χ4n) is 5.05. The Labute approximate surface area is 198 Å². The van der Waals surface area contributed by atoms with Crippen LogP contribution in [0, 0.1) is 17.8 Å². The Kier molecular flexibility index (Phi) is 7.55. The van der Waals surface area contributed by atoms with Crippen molar-refractivity contribution >= 4 is 10.0 Å². The first-order valence-corrected chi connectivity index (χ1v) is 13.5. The van der Waals surface area contributed by atoms with E-state index in [1.54, 1.807) is 4.31 Å². The Hall–Kier alpha value is -2.17. The number of hydrogen-bond donors (Lipinski definition) is 1. The van der Waals surface area contributed by atoms with Crippen LogP contribution in [0.2, 0.25) is 0 Å². The lowest BCUT2D eigenvalue weighted by molar-refractivity contribution is -0.0554. The first-order valence-electron chi connectivity index (χ1n) is 11.9. The van der Waals surface area contributed by atoms with Crippen LogP contribution in [0.1, 0.15) is 49.3 Å². The number of hydrogen-bond acceptors (Lipinski definition) is 4. The van der Waals surface area contributed by atoms with Gasteiger partial charge in [0, 0.05) is 42.6 Å². The highest BCUT2D eigenvalue weighted by molar-refractivity contribution is 7.88. The number of rotatable bonds is 5. The molecule has 0 radical (unpaired) electrons. The summed E-state index contributed by atoms with van der Waals surface area (Å²) < 4.78 is 28.3. The molecule has 0 unspecified atom stereocenters. The maximum Gasteiger partial charge on any atom is 0.218 e. The van der Waals surface area contributed by atoms with Crippen LogP contribution in [0.4, 0.5) is 0 Å². The van der Waals surface area contributed by atoms with Crippen molar-refractivity contribution in [1.82, 2.24) is 9.21 Å². The predicted octanol–water partition coefficient (Wildman–Crippen LogP) is 3.45. The summed E-state index contributed by atoms with van der Waals surface area (Å²) in [5, 5.41) is 10.1. The van der Waals surface area contributed by atoms with Crippen molar-refractivity contribution in [2.45, 2.75) is 50.4 Å². The second kappa shape index (κ2) is 10.4. The number of aliphatic hydroxyl groups is 1. The zero-order chi connectivity index (χ0) is 23.4. The van der Waals surface area contributed by atoms with E-state index in [0.717, 1.165) is 36.1 Å². The molecule has 2 aromatic carbocycles. The van der Waals surface area contributed by atoms with Gasteiger partial charge in [-0.2, -0.15) is 0 Å². The van der Waals surface area contributed by atoms with E-state index in [2.05, 4.69) is 42.7 Å². The topological polar surface area (TPSA) is 60.9 Å². The molecule has 0 aromatic heterocycles. The molecule has 6 heteroatoms. The monoisotopic (exact) mass is 466 g/mol. The maximum atomic E-state index is 13.3. The number of fused-ring (bicyclic) bond motifs is 1. The van der Waals surface area contributed by atoms with Crippen molar-refractivity contribution in [3.05, 3.63) is 71.3 Å². The van der Waals surface area contributed by atoms with Crippen LogP contribution in [0.5, 0.6) is 0 Å². The number of sulfonamides is 1. The van der Waals surface area contributed by atoms with E-state index in [9.17, 15) is 13.5 Å². The molecule has 0 bridgehead atoms. The molecule has 33 heavy (non-hydrogen) atoms. The number of aliphatic hydroxyl groups excluding tert-OH is 1. The van der Waals surface area contributed by atoms with Gasteiger partial charge in [-0.05, 0) is 42.6 Å². The highest BCUT2D eigenvalue weighted by Crippen LogP contribution is 2.42. The Morgan fingerprint density at radius 3 is 2.39 bits per heavy atom. The van der Waals surface area contributed by atoms with Gasteiger partial charge in [-0.1, -0.05) is 68.2 Å². The first kappa shape index (κ1) is 24.0. The van der Waals surface area contributed by atoms with Crippen LogP contribution in [-0.4, -0.2) is 61.1 Å². The molecule has 0 amide bonds. The van der Waals surface area contributed by atoms with Gasteiger partial charge in [-0.15, -0.1) is 0 Å². The fraction of sp³-hybridized carbons (Fsp3) is 0.481. The van der Waals surface area contributed by atoms with Crippen molar-refractivity contribution < 1.29 is 13.5 Å². The third-order valence-corrected chi connectivity index (χ3v) is 8.54. The van der Waals surface area contributed by atoms with E-state index in [1.807, 2.05) is 42.5 Å². The summed E-state index contributed by atoms with van der Waals surface area (Å²) in [6.07, 6.45) is 1.77. The second-order valence-electron chi connectivity index (χ2n) is 9.43. The summed E-state index contributed by atoms with van der Waals surface area (Å²) in [5.41, 5.74) is 2.94. The molecule has 2 fully saturated rings. The van der Waals surface area contributed by atoms with E-state index < -0.39 is 10.0 Å². The van der Waals surface area contributed by atoms with Gasteiger partial charge in [0.1, 0.15) is 0 Å². The Morgan fingerprint density at radius 2 is 1.73 bits per heavy atom. The van der Waals surface area contributed by atoms with E-state index >= 15 is 0 Å². The summed E-state index contributed by atoms with van der Waals surface area (Å²) in [6.45, 7) is 6.14. The Morgan fingerprint density at radius 1 is 1.03 bits per heavy atom. The summed E-state index contributed by atoms with van der Waals surface area (Å²) in [7, 11) is -3.42. The van der Waals surface area contributed by atoms with Gasteiger partial charge >= 0.3 is 0 Å². The average Bonchev–Trinajstić information content (AvgIpc) is 2.77. The molecule has 0 aliphatic carbocycles. The van der Waals surface area contributed by atoms with E-state index in [1.165, 1.54) is 0 Å². The summed E-state index contributed by atoms with van der Waals surface area (Å²) in [6, 6.07) is 17.7. The molecular weight excluding hydrogens is 432 g/mol. The molecule has 0 spiro atoms. The molecule has 2 saturated heterocycles. The van der Waals surface area contributed by atoms with Gasteiger partial charge in [-0.25, -0.2) is 12.7 Å². The summed E-state index contributed by atoms with van der Waals surface area (Å²) in [5.74, 6) is 6.84. The smallest absolute Gasteiger partial charge is 0.218 e. The van der Waals surface area contributed by atoms with Crippen molar-refractivity contribution in [2.75, 3.05) is 26.2 Å². The minimum Gasteiger partial charge on any atom is -0.395 e. The molecular formula is C27H34N2O3S. The van der Waals surface area contributed by atoms with E-state index in [-0.39, 0.29) is 30.4 Å². The van der Waals surface area contributed by atoms with Gasteiger partial charge in [0.05, 0.1) is 12.4 Å². The highest BCUT2D eigenvalue weighted by atomic mass is 32.2. The zero-order valence-corrected chi connectivity index (χ0v) is 20.3. The molecule has 2 aliphatic rings. The third kappa shape index (κ3) is 5.50. The summed E-state index contributed by atoms with van der Waals surface area (Å²) in [4.78, 5) is 2.31. The molecule has 1 N–H and O–H groups in total. The normalized spacial score (nSPS) is 24.2. The first-order chi connectivity index (χ1) is 15.9. The van der Waals surface area contributed by atoms with Crippen LogP contribution < -0.4 is 0 Å². The lowest BCUT2D eigenvalue weighted by Gasteiger charge is -2.57. The van der Waals surface area contributed by atoms with Gasteiger partial charge in [0.25, 0.3) is 0 Å². The van der Waals surface area contributed by atoms with Gasteiger partial charge in [-0.3, -0.25) is 4.90 Å². The molecule has 176 valence electrons. The van der Waals surface area contributed by atoms with Crippen LogP contribution in [0.3, 0.4) is 0 Å². The van der Waals surface area contributed by atoms with E-state index in [4.69, 9.17) is 0 Å². The number of nitrogens with zero attached hydrogens (tertiary/aromatic N) is 2. The quantitative estimate of drug-likeness (QED) is 0.686. The minimum absolute atomic E-state index is 0.0257. The lowest BCUT2D eigenvalue weighted by atomic mass is 9.74. The molecule has 5 nitrogen and oxygen atoms in total. The van der Waals surface area contributed by atoms with E-state index in [0.29, 0.717) is 19.0 Å². The molecule has 3 atom stereocenters.